The molecule has 0 radical (unpaired) electrons. The van der Waals surface area contributed by atoms with Crippen molar-refractivity contribution < 1.29 is 14.3 Å². The lowest BCUT2D eigenvalue weighted by Gasteiger charge is -2.25. The zero-order valence-corrected chi connectivity index (χ0v) is 16.7. The Morgan fingerprint density at radius 2 is 2.25 bits per heavy atom. The number of rotatable bonds is 2. The number of nitrogens with zero attached hydrogens (tertiary/aromatic N) is 4. The molecule has 0 bridgehead atoms. The minimum absolute atomic E-state index is 0.0729. The first-order chi connectivity index (χ1) is 13.5. The summed E-state index contributed by atoms with van der Waals surface area (Å²) in [5, 5.41) is 0.665. The van der Waals surface area contributed by atoms with Gasteiger partial charge < -0.3 is 14.5 Å². The fourth-order valence-corrected chi connectivity index (χ4v) is 5.00. The summed E-state index contributed by atoms with van der Waals surface area (Å²) in [6, 6.07) is 5.39. The van der Waals surface area contributed by atoms with Gasteiger partial charge in [0, 0.05) is 30.7 Å². The van der Waals surface area contributed by atoms with Crippen LogP contribution in [0.25, 0.3) is 4.85 Å². The number of carbonyl (C=O) groups is 2. The first-order valence-electron chi connectivity index (χ1n) is 8.71. The minimum atomic E-state index is -0.388. The van der Waals surface area contributed by atoms with Crippen LogP contribution in [0.2, 0.25) is 4.34 Å². The monoisotopic (exact) mass is 416 g/mol. The molecular formula is C19H17ClN4O3S. The average Bonchev–Trinajstić information content (AvgIpc) is 3.40. The van der Waals surface area contributed by atoms with Crippen molar-refractivity contribution in [3.8, 4) is 0 Å². The molecule has 1 unspecified atom stereocenters. The summed E-state index contributed by atoms with van der Waals surface area (Å²) in [4.78, 5) is 36.2. The maximum Gasteiger partial charge on any atom is 0.409 e. The normalized spacial score (nSPS) is 20.3. The molecule has 2 aromatic rings. The van der Waals surface area contributed by atoms with Crippen molar-refractivity contribution in [2.45, 2.75) is 18.3 Å². The largest absolute Gasteiger partial charge is 0.453 e. The maximum atomic E-state index is 13.0. The zero-order valence-electron chi connectivity index (χ0n) is 15.1. The molecule has 1 saturated heterocycles. The third kappa shape index (κ3) is 3.11. The van der Waals surface area contributed by atoms with Gasteiger partial charge in [0.25, 0.3) is 0 Å². The molecule has 2 aliphatic heterocycles. The van der Waals surface area contributed by atoms with Crippen LogP contribution in [0.5, 0.6) is 0 Å². The predicted molar refractivity (Wildman–Crippen MR) is 106 cm³/mol. The summed E-state index contributed by atoms with van der Waals surface area (Å²) in [6.07, 6.45) is 2.05. The van der Waals surface area contributed by atoms with Gasteiger partial charge in [0.05, 0.1) is 26.3 Å². The number of hydrogen-bond acceptors (Lipinski definition) is 5. The van der Waals surface area contributed by atoms with E-state index in [1.54, 1.807) is 22.1 Å². The molecule has 1 aromatic carbocycles. The van der Waals surface area contributed by atoms with Gasteiger partial charge in [0.15, 0.2) is 5.69 Å². The van der Waals surface area contributed by atoms with E-state index in [1.807, 2.05) is 12.1 Å². The van der Waals surface area contributed by atoms with Crippen LogP contribution in [0.15, 0.2) is 24.4 Å². The summed E-state index contributed by atoms with van der Waals surface area (Å²) < 4.78 is 5.41. The van der Waals surface area contributed by atoms with Crippen molar-refractivity contribution in [1.82, 2.24) is 9.88 Å². The number of ether oxygens (including phenoxy) is 1. The number of hydrogen-bond donors (Lipinski definition) is 0. The van der Waals surface area contributed by atoms with Crippen LogP contribution in [-0.4, -0.2) is 48.6 Å². The van der Waals surface area contributed by atoms with E-state index in [2.05, 4.69) is 9.83 Å². The number of methoxy groups -OCH3 is 1. The summed E-state index contributed by atoms with van der Waals surface area (Å²) in [5.41, 5.74) is 1.88. The Balaban J connectivity index is 1.67. The highest BCUT2D eigenvalue weighted by Crippen LogP contribution is 2.48. The highest BCUT2D eigenvalue weighted by molar-refractivity contribution is 7.15. The molecule has 1 aromatic heterocycles. The van der Waals surface area contributed by atoms with Crippen molar-refractivity contribution >= 4 is 46.3 Å². The summed E-state index contributed by atoms with van der Waals surface area (Å²) in [5.74, 6) is -0.0729. The fraction of sp³-hybridized carbons (Fsp3) is 0.368. The van der Waals surface area contributed by atoms with Crippen molar-refractivity contribution in [2.24, 2.45) is 0 Å². The van der Waals surface area contributed by atoms with Crippen molar-refractivity contribution in [3.63, 3.8) is 0 Å². The van der Waals surface area contributed by atoms with E-state index in [1.165, 1.54) is 18.4 Å². The zero-order chi connectivity index (χ0) is 19.9. The number of anilines is 1. The summed E-state index contributed by atoms with van der Waals surface area (Å²) >= 11 is 7.22. The third-order valence-corrected chi connectivity index (χ3v) is 6.46. The summed E-state index contributed by atoms with van der Waals surface area (Å²) in [6.45, 7) is 8.81. The Bertz CT molecular complexity index is 1000. The van der Waals surface area contributed by atoms with E-state index in [0.717, 1.165) is 11.3 Å². The molecule has 1 fully saturated rings. The molecule has 2 amide bonds. The summed E-state index contributed by atoms with van der Waals surface area (Å²) in [7, 11) is 1.36. The van der Waals surface area contributed by atoms with Gasteiger partial charge in [-0.1, -0.05) is 23.7 Å². The fourth-order valence-electron chi connectivity index (χ4n) is 4.05. The predicted octanol–water partition coefficient (Wildman–Crippen LogP) is 3.65. The van der Waals surface area contributed by atoms with Gasteiger partial charge in [0.1, 0.15) is 9.34 Å². The molecule has 0 N–H and O–H groups in total. The molecule has 28 heavy (non-hydrogen) atoms. The van der Waals surface area contributed by atoms with E-state index >= 15 is 0 Å². The molecule has 1 atom stereocenters. The lowest BCUT2D eigenvalue weighted by atomic mass is 9.81. The standard InChI is InChI=1S/C19H17ClN4O3S/c1-21-12-3-4-14-13(7-12)19(5-6-23(10-19)18(26)27-2)11-24(14)17(25)8-16-22-9-15(20)28-16/h3-4,7,9H,5-6,8,10-11H2,2H3. The van der Waals surface area contributed by atoms with Gasteiger partial charge in [0.2, 0.25) is 5.91 Å². The molecule has 9 heteroatoms. The molecule has 3 heterocycles. The second-order valence-corrected chi connectivity index (χ2v) is 8.70. The van der Waals surface area contributed by atoms with Crippen LogP contribution < -0.4 is 4.90 Å². The Morgan fingerprint density at radius 1 is 1.43 bits per heavy atom. The van der Waals surface area contributed by atoms with E-state index in [0.29, 0.717) is 41.1 Å². The van der Waals surface area contributed by atoms with Crippen molar-refractivity contribution in [1.29, 1.82) is 0 Å². The Morgan fingerprint density at radius 3 is 2.93 bits per heavy atom. The van der Waals surface area contributed by atoms with Crippen LogP contribution in [0, 0.1) is 6.57 Å². The SMILES string of the molecule is [C-]#[N+]c1ccc2c(c1)C1(CCN(C(=O)OC)C1)CN2C(=O)Cc1ncc(Cl)s1. The number of benzene rings is 1. The molecule has 2 aliphatic rings. The number of halogens is 1. The first kappa shape index (κ1) is 18.7. The van der Waals surface area contributed by atoms with E-state index in [4.69, 9.17) is 22.9 Å². The van der Waals surface area contributed by atoms with E-state index in [9.17, 15) is 9.59 Å². The average molecular weight is 417 g/mol. The first-order valence-corrected chi connectivity index (χ1v) is 9.91. The van der Waals surface area contributed by atoms with Crippen LogP contribution in [0.4, 0.5) is 16.2 Å². The maximum absolute atomic E-state index is 13.0. The van der Waals surface area contributed by atoms with Crippen LogP contribution in [-0.2, 0) is 21.4 Å². The molecule has 1 spiro atoms. The van der Waals surface area contributed by atoms with Gasteiger partial charge >= 0.3 is 6.09 Å². The van der Waals surface area contributed by atoms with Crippen LogP contribution in [0.1, 0.15) is 17.0 Å². The Hall–Kier alpha value is -2.63. The van der Waals surface area contributed by atoms with Gasteiger partial charge in [-0.25, -0.2) is 14.6 Å². The molecular weight excluding hydrogens is 400 g/mol. The topological polar surface area (TPSA) is 67.1 Å². The smallest absolute Gasteiger partial charge is 0.409 e. The number of aromatic nitrogens is 1. The lowest BCUT2D eigenvalue weighted by Crippen LogP contribution is -2.40. The second kappa shape index (κ2) is 7.08. The van der Waals surface area contributed by atoms with E-state index in [-0.39, 0.29) is 23.8 Å². The quantitative estimate of drug-likeness (QED) is 0.701. The lowest BCUT2D eigenvalue weighted by molar-refractivity contribution is -0.118. The number of carbonyl (C=O) groups excluding carboxylic acids is 2. The van der Waals surface area contributed by atoms with E-state index < -0.39 is 0 Å². The highest BCUT2D eigenvalue weighted by atomic mass is 35.5. The molecule has 7 nitrogen and oxygen atoms in total. The van der Waals surface area contributed by atoms with Gasteiger partial charge in [-0.05, 0) is 18.1 Å². The Kier molecular flexibility index (Phi) is 4.73. The van der Waals surface area contributed by atoms with Crippen LogP contribution in [0.3, 0.4) is 0 Å². The minimum Gasteiger partial charge on any atom is -0.453 e. The number of fused-ring (bicyclic) bond motifs is 2. The highest BCUT2D eigenvalue weighted by Gasteiger charge is 2.49. The van der Waals surface area contributed by atoms with Gasteiger partial charge in [-0.2, -0.15) is 0 Å². The van der Waals surface area contributed by atoms with Crippen LogP contribution >= 0.6 is 22.9 Å². The Labute approximate surface area is 171 Å². The second-order valence-electron chi connectivity index (χ2n) is 6.95. The van der Waals surface area contributed by atoms with Gasteiger partial charge in [-0.3, -0.25) is 4.79 Å². The molecule has 0 saturated carbocycles. The molecule has 144 valence electrons. The van der Waals surface area contributed by atoms with Crippen molar-refractivity contribution in [2.75, 3.05) is 31.6 Å². The van der Waals surface area contributed by atoms with Gasteiger partial charge in [-0.15, -0.1) is 11.3 Å². The molecule has 4 rings (SSSR count). The third-order valence-electron chi connectivity index (χ3n) is 5.35. The number of thiazole rings is 1. The number of likely N-dealkylation sites (tertiary alicyclic amines) is 1. The van der Waals surface area contributed by atoms with Crippen molar-refractivity contribution in [3.05, 3.63) is 50.7 Å². The number of amides is 2. The molecule has 0 aliphatic carbocycles.